The molecule has 1 N–H and O–H groups in total. The summed E-state index contributed by atoms with van der Waals surface area (Å²) in [6.07, 6.45) is 0. The third kappa shape index (κ3) is 3.78. The lowest BCUT2D eigenvalue weighted by molar-refractivity contribution is -0.117. The molecule has 4 heteroatoms. The van der Waals surface area contributed by atoms with Gasteiger partial charge < -0.3 is 5.32 Å². The fourth-order valence-electron chi connectivity index (χ4n) is 2.25. The fraction of sp³-hybridized carbons (Fsp3) is 0.100. The number of nitrogens with zero attached hydrogens (tertiary/aromatic N) is 1. The van der Waals surface area contributed by atoms with E-state index in [9.17, 15) is 4.79 Å². The molecule has 0 spiro atoms. The minimum atomic E-state index is -0.119. The molecule has 1 heterocycles. The topological polar surface area (TPSA) is 42.0 Å². The average Bonchev–Trinajstić information content (AvgIpc) is 3.11. The molecule has 1 amide bonds. The van der Waals surface area contributed by atoms with Crippen molar-refractivity contribution >= 4 is 17.2 Å². The van der Waals surface area contributed by atoms with Gasteiger partial charge in [0, 0.05) is 28.6 Å². The standard InChI is InChI=1S/C20H18N2OS/c1-14(2)19(23)21-12-15-8-10-17(11-9-15)20-22-18(13-24-20)16-6-4-3-5-7-16/h3-11,13H,1,12H2,2H3,(H,21,23). The van der Waals surface area contributed by atoms with Crippen LogP contribution < -0.4 is 5.32 Å². The molecule has 0 bridgehead atoms. The number of aromatic nitrogens is 1. The Balaban J connectivity index is 1.71. The van der Waals surface area contributed by atoms with Crippen LogP contribution in [0.15, 0.2) is 72.1 Å². The minimum absolute atomic E-state index is 0.119. The lowest BCUT2D eigenvalue weighted by atomic mass is 10.1. The van der Waals surface area contributed by atoms with Gasteiger partial charge in [-0.05, 0) is 12.5 Å². The quantitative estimate of drug-likeness (QED) is 0.689. The van der Waals surface area contributed by atoms with Crippen LogP contribution in [0, 0.1) is 0 Å². The van der Waals surface area contributed by atoms with Crippen LogP contribution in [-0.2, 0) is 11.3 Å². The molecular weight excluding hydrogens is 316 g/mol. The summed E-state index contributed by atoms with van der Waals surface area (Å²) in [5.41, 5.74) is 4.76. The summed E-state index contributed by atoms with van der Waals surface area (Å²) in [6.45, 7) is 5.83. The Kier molecular flexibility index (Phi) is 4.87. The second-order valence-corrected chi connectivity index (χ2v) is 6.42. The molecule has 3 nitrogen and oxygen atoms in total. The number of carbonyl (C=O) groups is 1. The molecule has 0 radical (unpaired) electrons. The Labute approximate surface area is 145 Å². The highest BCUT2D eigenvalue weighted by molar-refractivity contribution is 7.13. The van der Waals surface area contributed by atoms with Crippen LogP contribution in [0.1, 0.15) is 12.5 Å². The molecule has 0 saturated heterocycles. The Hall–Kier alpha value is -2.72. The summed E-state index contributed by atoms with van der Waals surface area (Å²) in [6, 6.07) is 18.3. The minimum Gasteiger partial charge on any atom is -0.348 e. The van der Waals surface area contributed by atoms with E-state index in [1.54, 1.807) is 18.3 Å². The Morgan fingerprint density at radius 1 is 1.08 bits per heavy atom. The highest BCUT2D eigenvalue weighted by atomic mass is 32.1. The number of hydrogen-bond acceptors (Lipinski definition) is 3. The molecule has 0 aliphatic rings. The van der Waals surface area contributed by atoms with Crippen molar-refractivity contribution < 1.29 is 4.79 Å². The Morgan fingerprint density at radius 2 is 1.79 bits per heavy atom. The van der Waals surface area contributed by atoms with E-state index in [0.717, 1.165) is 27.4 Å². The molecule has 3 aromatic rings. The first-order valence-electron chi connectivity index (χ1n) is 7.67. The van der Waals surface area contributed by atoms with Crippen LogP contribution in [-0.4, -0.2) is 10.9 Å². The van der Waals surface area contributed by atoms with E-state index in [-0.39, 0.29) is 5.91 Å². The van der Waals surface area contributed by atoms with Gasteiger partial charge in [-0.2, -0.15) is 0 Å². The van der Waals surface area contributed by atoms with E-state index < -0.39 is 0 Å². The largest absolute Gasteiger partial charge is 0.348 e. The lowest BCUT2D eigenvalue weighted by Gasteiger charge is -2.05. The normalized spacial score (nSPS) is 10.4. The number of nitrogens with one attached hydrogen (secondary N) is 1. The first kappa shape index (κ1) is 16.1. The molecule has 3 rings (SSSR count). The monoisotopic (exact) mass is 334 g/mol. The van der Waals surface area contributed by atoms with Crippen LogP contribution in [0.4, 0.5) is 0 Å². The summed E-state index contributed by atoms with van der Waals surface area (Å²) >= 11 is 1.63. The second-order valence-electron chi connectivity index (χ2n) is 5.56. The molecule has 0 aliphatic carbocycles. The number of rotatable bonds is 5. The van der Waals surface area contributed by atoms with Gasteiger partial charge in [0.15, 0.2) is 0 Å². The van der Waals surface area contributed by atoms with Crippen molar-refractivity contribution in [2.75, 3.05) is 0 Å². The van der Waals surface area contributed by atoms with Crippen molar-refractivity contribution in [3.8, 4) is 21.8 Å². The molecule has 2 aromatic carbocycles. The molecule has 0 unspecified atom stereocenters. The van der Waals surface area contributed by atoms with Gasteiger partial charge in [0.2, 0.25) is 5.91 Å². The zero-order valence-corrected chi connectivity index (χ0v) is 14.3. The third-order valence-corrected chi connectivity index (χ3v) is 4.51. The third-order valence-electron chi connectivity index (χ3n) is 3.62. The van der Waals surface area contributed by atoms with Crippen molar-refractivity contribution in [2.45, 2.75) is 13.5 Å². The van der Waals surface area contributed by atoms with Crippen LogP contribution in [0.25, 0.3) is 21.8 Å². The second kappa shape index (κ2) is 7.23. The van der Waals surface area contributed by atoms with Gasteiger partial charge in [0.25, 0.3) is 0 Å². The van der Waals surface area contributed by atoms with Gasteiger partial charge in [0.05, 0.1) is 5.69 Å². The predicted molar refractivity (Wildman–Crippen MR) is 99.6 cm³/mol. The fourth-order valence-corrected chi connectivity index (χ4v) is 3.08. The van der Waals surface area contributed by atoms with Gasteiger partial charge in [0.1, 0.15) is 5.01 Å². The van der Waals surface area contributed by atoms with Gasteiger partial charge in [-0.25, -0.2) is 4.98 Å². The zero-order chi connectivity index (χ0) is 16.9. The Bertz CT molecular complexity index is 851. The highest BCUT2D eigenvalue weighted by Crippen LogP contribution is 2.28. The molecule has 120 valence electrons. The zero-order valence-electron chi connectivity index (χ0n) is 13.5. The smallest absolute Gasteiger partial charge is 0.246 e. The van der Waals surface area contributed by atoms with E-state index in [4.69, 9.17) is 4.98 Å². The van der Waals surface area contributed by atoms with Crippen molar-refractivity contribution in [1.29, 1.82) is 0 Å². The SMILES string of the molecule is C=C(C)C(=O)NCc1ccc(-c2nc(-c3ccccc3)cs2)cc1. The first-order valence-corrected chi connectivity index (χ1v) is 8.55. The van der Waals surface area contributed by atoms with E-state index in [0.29, 0.717) is 12.1 Å². The van der Waals surface area contributed by atoms with E-state index >= 15 is 0 Å². The number of benzene rings is 2. The van der Waals surface area contributed by atoms with Crippen LogP contribution in [0.2, 0.25) is 0 Å². The summed E-state index contributed by atoms with van der Waals surface area (Å²) in [7, 11) is 0. The molecule has 0 aliphatic heterocycles. The molecule has 0 saturated carbocycles. The van der Waals surface area contributed by atoms with E-state index in [1.165, 1.54) is 0 Å². The van der Waals surface area contributed by atoms with Gasteiger partial charge in [-0.15, -0.1) is 11.3 Å². The van der Waals surface area contributed by atoms with E-state index in [2.05, 4.69) is 29.4 Å². The Morgan fingerprint density at radius 3 is 2.46 bits per heavy atom. The maximum Gasteiger partial charge on any atom is 0.246 e. The van der Waals surface area contributed by atoms with Crippen LogP contribution in [0.5, 0.6) is 0 Å². The lowest BCUT2D eigenvalue weighted by Crippen LogP contribution is -2.22. The van der Waals surface area contributed by atoms with Gasteiger partial charge in [-0.3, -0.25) is 4.79 Å². The molecule has 0 fully saturated rings. The summed E-state index contributed by atoms with van der Waals surface area (Å²) in [5, 5.41) is 5.90. The molecular formula is C20H18N2OS. The van der Waals surface area contributed by atoms with Gasteiger partial charge >= 0.3 is 0 Å². The maximum atomic E-state index is 11.5. The van der Waals surface area contributed by atoms with Crippen LogP contribution in [0.3, 0.4) is 0 Å². The number of carbonyl (C=O) groups excluding carboxylic acids is 1. The van der Waals surface area contributed by atoms with E-state index in [1.807, 2.05) is 42.5 Å². The average molecular weight is 334 g/mol. The molecule has 24 heavy (non-hydrogen) atoms. The summed E-state index contributed by atoms with van der Waals surface area (Å²) in [4.78, 5) is 16.2. The van der Waals surface area contributed by atoms with Crippen molar-refractivity contribution in [2.24, 2.45) is 0 Å². The predicted octanol–water partition coefficient (Wildman–Crippen LogP) is 4.67. The summed E-state index contributed by atoms with van der Waals surface area (Å²) in [5.74, 6) is -0.119. The number of amides is 1. The van der Waals surface area contributed by atoms with Crippen molar-refractivity contribution in [3.05, 3.63) is 77.7 Å². The maximum absolute atomic E-state index is 11.5. The molecule has 0 atom stereocenters. The highest BCUT2D eigenvalue weighted by Gasteiger charge is 2.07. The number of hydrogen-bond donors (Lipinski definition) is 1. The summed E-state index contributed by atoms with van der Waals surface area (Å²) < 4.78 is 0. The number of thiazole rings is 1. The van der Waals surface area contributed by atoms with Crippen LogP contribution >= 0.6 is 11.3 Å². The molecule has 1 aromatic heterocycles. The first-order chi connectivity index (χ1) is 11.6. The van der Waals surface area contributed by atoms with Gasteiger partial charge in [-0.1, -0.05) is 61.2 Å². The van der Waals surface area contributed by atoms with Crippen molar-refractivity contribution in [1.82, 2.24) is 10.3 Å². The van der Waals surface area contributed by atoms with Crippen molar-refractivity contribution in [3.63, 3.8) is 0 Å².